The molecule has 3 aromatic rings. The van der Waals surface area contributed by atoms with E-state index < -0.39 is 0 Å². The summed E-state index contributed by atoms with van der Waals surface area (Å²) in [5.74, 6) is 0.490. The first-order valence-electron chi connectivity index (χ1n) is 8.18. The van der Waals surface area contributed by atoms with Crippen molar-refractivity contribution < 1.29 is 14.4 Å². The molecule has 1 heterocycles. The molecular formula is C21H17ClN2O2S. The molecule has 1 N–H and O–H groups in total. The van der Waals surface area contributed by atoms with Crippen LogP contribution in [0.5, 0.6) is 5.75 Å². The molecule has 0 amide bonds. The van der Waals surface area contributed by atoms with Crippen LogP contribution in [0.2, 0.25) is 5.02 Å². The molecule has 27 heavy (non-hydrogen) atoms. The van der Waals surface area contributed by atoms with Gasteiger partial charge in [-0.1, -0.05) is 48.1 Å². The van der Waals surface area contributed by atoms with Crippen LogP contribution < -0.4 is 19.7 Å². The highest BCUT2D eigenvalue weighted by atomic mass is 35.5. The highest BCUT2D eigenvalue weighted by Gasteiger charge is 2.18. The van der Waals surface area contributed by atoms with E-state index in [0.29, 0.717) is 27.0 Å². The van der Waals surface area contributed by atoms with Gasteiger partial charge in [-0.05, 0) is 35.6 Å². The molecular weight excluding hydrogens is 380 g/mol. The fraction of sp³-hybridized carbons (Fsp3) is 0.0476. The first-order chi connectivity index (χ1) is 13.1. The predicted molar refractivity (Wildman–Crippen MR) is 110 cm³/mol. The second kappa shape index (κ2) is 8.66. The van der Waals surface area contributed by atoms with Gasteiger partial charge in [-0.15, -0.1) is 0 Å². The van der Waals surface area contributed by atoms with E-state index in [1.165, 1.54) is 0 Å². The second-order valence-corrected chi connectivity index (χ2v) is 6.50. The summed E-state index contributed by atoms with van der Waals surface area (Å²) >= 11 is 11.5. The van der Waals surface area contributed by atoms with Gasteiger partial charge in [0.05, 0.1) is 7.11 Å². The third-order valence-electron chi connectivity index (χ3n) is 3.84. The summed E-state index contributed by atoms with van der Waals surface area (Å²) in [6.45, 7) is 0. The van der Waals surface area contributed by atoms with E-state index in [2.05, 4.69) is 5.32 Å². The average molecular weight is 397 g/mol. The Hall–Kier alpha value is -2.89. The van der Waals surface area contributed by atoms with Crippen LogP contribution >= 0.6 is 23.8 Å². The fourth-order valence-electron chi connectivity index (χ4n) is 2.51. The number of benzene rings is 2. The summed E-state index contributed by atoms with van der Waals surface area (Å²) < 4.78 is 6.94. The quantitative estimate of drug-likeness (QED) is 0.309. The first kappa shape index (κ1) is 18.9. The zero-order chi connectivity index (χ0) is 19.2. The van der Waals surface area contributed by atoms with Gasteiger partial charge >= 0.3 is 0 Å². The monoisotopic (exact) mass is 396 g/mol. The van der Waals surface area contributed by atoms with Gasteiger partial charge in [0.25, 0.3) is 0 Å². The number of anilines is 1. The lowest BCUT2D eigenvalue weighted by Crippen LogP contribution is -2.39. The van der Waals surface area contributed by atoms with Gasteiger partial charge < -0.3 is 15.2 Å². The van der Waals surface area contributed by atoms with Gasteiger partial charge in [-0.2, -0.15) is 4.57 Å². The number of nitrogens with zero attached hydrogens (tertiary/aromatic N) is 1. The number of hydrogen-bond donors (Lipinski definition) is 1. The highest BCUT2D eigenvalue weighted by Crippen LogP contribution is 2.21. The summed E-state index contributed by atoms with van der Waals surface area (Å²) in [6, 6.07) is 19.6. The molecule has 0 aliphatic carbocycles. The third-order valence-corrected chi connectivity index (χ3v) is 4.39. The van der Waals surface area contributed by atoms with Crippen LogP contribution in [0.3, 0.4) is 0 Å². The fourth-order valence-corrected chi connectivity index (χ4v) is 2.96. The molecule has 0 radical (unpaired) electrons. The number of pyridine rings is 1. The van der Waals surface area contributed by atoms with E-state index in [1.54, 1.807) is 48.3 Å². The largest absolute Gasteiger partial charge is 0.867 e. The van der Waals surface area contributed by atoms with Crippen LogP contribution in [0, 0.1) is 0 Å². The van der Waals surface area contributed by atoms with E-state index in [4.69, 9.17) is 28.6 Å². The van der Waals surface area contributed by atoms with Crippen molar-refractivity contribution in [1.82, 2.24) is 0 Å². The molecule has 0 spiro atoms. The molecule has 0 atom stereocenters. The summed E-state index contributed by atoms with van der Waals surface area (Å²) in [4.78, 5) is 0.305. The second-order valence-electron chi connectivity index (χ2n) is 5.65. The Kier molecular flexibility index (Phi) is 6.06. The molecule has 2 aromatic carbocycles. The molecule has 0 unspecified atom stereocenters. The van der Waals surface area contributed by atoms with Crippen LogP contribution in [0.4, 0.5) is 5.69 Å². The molecule has 6 heteroatoms. The molecule has 3 rings (SSSR count). The lowest BCUT2D eigenvalue weighted by Gasteiger charge is -2.17. The van der Waals surface area contributed by atoms with E-state index in [-0.39, 0.29) is 5.76 Å². The maximum atomic E-state index is 13.2. The predicted octanol–water partition coefficient (Wildman–Crippen LogP) is 3.76. The maximum Gasteiger partial charge on any atom is 0.238 e. The summed E-state index contributed by atoms with van der Waals surface area (Å²) in [6.07, 6.45) is 3.56. The highest BCUT2D eigenvalue weighted by molar-refractivity contribution is 7.81. The molecule has 0 bridgehead atoms. The van der Waals surface area contributed by atoms with Crippen LogP contribution in [-0.4, -0.2) is 12.1 Å². The lowest BCUT2D eigenvalue weighted by molar-refractivity contribution is -0.577. The van der Waals surface area contributed by atoms with Gasteiger partial charge in [-0.3, -0.25) is 0 Å². The number of hydrogen-bond acceptors (Lipinski definition) is 3. The summed E-state index contributed by atoms with van der Waals surface area (Å²) in [5, 5.41) is 16.8. The van der Waals surface area contributed by atoms with Crippen molar-refractivity contribution in [3.8, 4) is 5.75 Å². The SMILES string of the molecule is COc1cccc(NC(=S)C(=C([O-])c2ccc(Cl)cc2)[n+]2ccccc2)c1. The van der Waals surface area contributed by atoms with Crippen molar-refractivity contribution in [3.05, 3.63) is 89.7 Å². The molecule has 0 fully saturated rings. The van der Waals surface area contributed by atoms with Crippen molar-refractivity contribution in [1.29, 1.82) is 0 Å². The van der Waals surface area contributed by atoms with Crippen molar-refractivity contribution in [2.45, 2.75) is 0 Å². The molecule has 0 saturated carbocycles. The molecule has 0 aliphatic heterocycles. The van der Waals surface area contributed by atoms with Gasteiger partial charge in [0.2, 0.25) is 5.70 Å². The van der Waals surface area contributed by atoms with Gasteiger partial charge in [0.1, 0.15) is 5.75 Å². The van der Waals surface area contributed by atoms with Gasteiger partial charge in [-0.25, -0.2) is 0 Å². The van der Waals surface area contributed by atoms with E-state index in [0.717, 1.165) is 5.69 Å². The Morgan fingerprint density at radius 2 is 1.74 bits per heavy atom. The zero-order valence-corrected chi connectivity index (χ0v) is 16.1. The Bertz CT molecular complexity index is 973. The minimum absolute atomic E-state index is 0.205. The zero-order valence-electron chi connectivity index (χ0n) is 14.6. The van der Waals surface area contributed by atoms with E-state index in [9.17, 15) is 5.11 Å². The van der Waals surface area contributed by atoms with Crippen molar-refractivity contribution in [3.63, 3.8) is 0 Å². The molecule has 136 valence electrons. The van der Waals surface area contributed by atoms with Crippen molar-refractivity contribution >= 4 is 46.0 Å². The number of aromatic nitrogens is 1. The average Bonchev–Trinajstić information content (AvgIpc) is 2.69. The van der Waals surface area contributed by atoms with E-state index in [1.807, 2.05) is 42.5 Å². The van der Waals surface area contributed by atoms with Gasteiger partial charge in [0.15, 0.2) is 17.4 Å². The lowest BCUT2D eigenvalue weighted by atomic mass is 10.1. The minimum Gasteiger partial charge on any atom is -0.867 e. The number of thiocarbonyl (C=S) groups is 1. The van der Waals surface area contributed by atoms with Crippen LogP contribution in [0.15, 0.2) is 79.1 Å². The van der Waals surface area contributed by atoms with E-state index >= 15 is 0 Å². The van der Waals surface area contributed by atoms with Crippen LogP contribution in [-0.2, 0) is 0 Å². The topological polar surface area (TPSA) is 48.2 Å². The normalized spacial score (nSPS) is 11.5. The number of ether oxygens (including phenoxy) is 1. The standard InChI is InChI=1S/C21H17ClN2O2S/c1-26-18-7-5-6-17(14-18)23-21(27)19(24-12-3-2-4-13-24)20(25)15-8-10-16(22)11-9-15/h2-14H,1H3,(H-,23,25,27). The first-order valence-corrected chi connectivity index (χ1v) is 8.96. The Labute approximate surface area is 168 Å². The smallest absolute Gasteiger partial charge is 0.238 e. The number of methoxy groups -OCH3 is 1. The van der Waals surface area contributed by atoms with Gasteiger partial charge in [0, 0.05) is 28.9 Å². The summed E-state index contributed by atoms with van der Waals surface area (Å²) in [5.41, 5.74) is 1.58. The summed E-state index contributed by atoms with van der Waals surface area (Å²) in [7, 11) is 1.60. The number of halogens is 1. The molecule has 1 aromatic heterocycles. The molecule has 0 aliphatic rings. The minimum atomic E-state index is -0.205. The van der Waals surface area contributed by atoms with Crippen LogP contribution in [0.1, 0.15) is 5.56 Å². The van der Waals surface area contributed by atoms with Crippen molar-refractivity contribution in [2.24, 2.45) is 0 Å². The van der Waals surface area contributed by atoms with Crippen LogP contribution in [0.25, 0.3) is 11.5 Å². The molecule has 0 saturated heterocycles. The van der Waals surface area contributed by atoms with Crippen molar-refractivity contribution in [2.75, 3.05) is 12.4 Å². The Morgan fingerprint density at radius 1 is 1.04 bits per heavy atom. The number of nitrogens with one attached hydrogen (secondary N) is 1. The maximum absolute atomic E-state index is 13.2. The molecule has 4 nitrogen and oxygen atoms in total. The Balaban J connectivity index is 2.03. The number of rotatable bonds is 5. The Morgan fingerprint density at radius 3 is 2.41 bits per heavy atom. The third kappa shape index (κ3) is 4.64.